The lowest BCUT2D eigenvalue weighted by atomic mass is 9.98. The summed E-state index contributed by atoms with van der Waals surface area (Å²) in [5, 5.41) is 3.61. The molecule has 1 rings (SSSR count). The summed E-state index contributed by atoms with van der Waals surface area (Å²) in [6.45, 7) is 12.2. The molecule has 0 radical (unpaired) electrons. The number of hydrogen-bond donors (Lipinski definition) is 1. The molecular formula is C14H26N2S. The quantitative estimate of drug-likeness (QED) is 0.835. The molecule has 1 aromatic heterocycles. The molecule has 0 spiro atoms. The molecule has 1 heterocycles. The second-order valence-corrected chi connectivity index (χ2v) is 6.74. The molecule has 0 aliphatic heterocycles. The van der Waals surface area contributed by atoms with Crippen LogP contribution in [-0.2, 0) is 6.42 Å². The van der Waals surface area contributed by atoms with E-state index in [9.17, 15) is 0 Å². The van der Waals surface area contributed by atoms with E-state index >= 15 is 0 Å². The molecule has 1 N–H and O–H groups in total. The number of nitrogens with zero attached hydrogens (tertiary/aromatic N) is 1. The molecule has 0 fully saturated rings. The maximum absolute atomic E-state index is 4.31. The van der Waals surface area contributed by atoms with Gasteiger partial charge in [-0.1, -0.05) is 13.3 Å². The Morgan fingerprint density at radius 3 is 2.59 bits per heavy atom. The Morgan fingerprint density at radius 2 is 2.12 bits per heavy atom. The summed E-state index contributed by atoms with van der Waals surface area (Å²) < 4.78 is 0. The summed E-state index contributed by atoms with van der Waals surface area (Å²) in [5.74, 6) is 0.774. The molecule has 0 aromatic carbocycles. The highest BCUT2D eigenvalue weighted by molar-refractivity contribution is 7.09. The first-order valence-electron chi connectivity index (χ1n) is 6.56. The van der Waals surface area contributed by atoms with Gasteiger partial charge in [-0.05, 0) is 53.0 Å². The summed E-state index contributed by atoms with van der Waals surface area (Å²) >= 11 is 1.79. The molecule has 17 heavy (non-hydrogen) atoms. The van der Waals surface area contributed by atoms with Gasteiger partial charge < -0.3 is 5.32 Å². The largest absolute Gasteiger partial charge is 0.312 e. The SMILES string of the molecule is CCC(CCc1scnc1C)CNC(C)(C)C. The topological polar surface area (TPSA) is 24.9 Å². The van der Waals surface area contributed by atoms with Crippen LogP contribution in [0.2, 0.25) is 0 Å². The van der Waals surface area contributed by atoms with Crippen molar-refractivity contribution < 1.29 is 0 Å². The van der Waals surface area contributed by atoms with Crippen LogP contribution in [0.3, 0.4) is 0 Å². The lowest BCUT2D eigenvalue weighted by Gasteiger charge is -2.24. The van der Waals surface area contributed by atoms with Gasteiger partial charge in [-0.3, -0.25) is 0 Å². The number of aromatic nitrogens is 1. The van der Waals surface area contributed by atoms with Crippen molar-refractivity contribution in [2.24, 2.45) is 5.92 Å². The second-order valence-electron chi connectivity index (χ2n) is 5.80. The van der Waals surface area contributed by atoms with E-state index in [-0.39, 0.29) is 5.54 Å². The lowest BCUT2D eigenvalue weighted by Crippen LogP contribution is -2.39. The predicted octanol–water partition coefficient (Wildman–Crippen LogP) is 3.80. The van der Waals surface area contributed by atoms with Crippen molar-refractivity contribution in [3.05, 3.63) is 16.1 Å². The standard InChI is InChI=1S/C14H26N2S/c1-6-12(9-16-14(3,4)5)7-8-13-11(2)15-10-17-13/h10,12,16H,6-9H2,1-5H3. The van der Waals surface area contributed by atoms with E-state index in [1.807, 2.05) is 5.51 Å². The number of thiazole rings is 1. The molecular weight excluding hydrogens is 228 g/mol. The van der Waals surface area contributed by atoms with E-state index in [4.69, 9.17) is 0 Å². The highest BCUT2D eigenvalue weighted by Gasteiger charge is 2.13. The van der Waals surface area contributed by atoms with Crippen LogP contribution in [0.4, 0.5) is 0 Å². The Bertz CT molecular complexity index is 325. The first-order valence-corrected chi connectivity index (χ1v) is 7.44. The zero-order chi connectivity index (χ0) is 12.9. The van der Waals surface area contributed by atoms with Gasteiger partial charge in [0.2, 0.25) is 0 Å². The Balaban J connectivity index is 2.35. The van der Waals surface area contributed by atoms with Crippen LogP contribution in [0.15, 0.2) is 5.51 Å². The zero-order valence-corrected chi connectivity index (χ0v) is 12.7. The highest BCUT2D eigenvalue weighted by Crippen LogP contribution is 2.19. The average molecular weight is 254 g/mol. The average Bonchev–Trinajstić information content (AvgIpc) is 2.63. The van der Waals surface area contributed by atoms with Gasteiger partial charge in [0.15, 0.2) is 0 Å². The molecule has 2 nitrogen and oxygen atoms in total. The van der Waals surface area contributed by atoms with Crippen molar-refractivity contribution in [1.29, 1.82) is 0 Å². The minimum Gasteiger partial charge on any atom is -0.312 e. The van der Waals surface area contributed by atoms with E-state index in [1.54, 1.807) is 11.3 Å². The van der Waals surface area contributed by atoms with Crippen LogP contribution in [0.1, 0.15) is 51.1 Å². The van der Waals surface area contributed by atoms with Gasteiger partial charge in [-0.2, -0.15) is 0 Å². The van der Waals surface area contributed by atoms with Crippen LogP contribution in [0.5, 0.6) is 0 Å². The highest BCUT2D eigenvalue weighted by atomic mass is 32.1. The molecule has 0 saturated heterocycles. The minimum atomic E-state index is 0.230. The number of hydrogen-bond acceptors (Lipinski definition) is 3. The van der Waals surface area contributed by atoms with Gasteiger partial charge in [0.25, 0.3) is 0 Å². The fourth-order valence-electron chi connectivity index (χ4n) is 1.80. The van der Waals surface area contributed by atoms with E-state index in [2.05, 4.69) is 44.9 Å². The van der Waals surface area contributed by atoms with Crippen molar-refractivity contribution >= 4 is 11.3 Å². The Kier molecular flexibility index (Phi) is 5.60. The van der Waals surface area contributed by atoms with E-state index in [0.717, 1.165) is 12.5 Å². The third-order valence-electron chi connectivity index (χ3n) is 3.12. The molecule has 0 aliphatic rings. The zero-order valence-electron chi connectivity index (χ0n) is 11.8. The molecule has 0 aliphatic carbocycles. The Hall–Kier alpha value is -0.410. The summed E-state index contributed by atoms with van der Waals surface area (Å²) in [5.41, 5.74) is 3.40. The summed E-state index contributed by atoms with van der Waals surface area (Å²) in [6, 6.07) is 0. The van der Waals surface area contributed by atoms with Crippen molar-refractivity contribution in [2.75, 3.05) is 6.54 Å². The maximum Gasteiger partial charge on any atom is 0.0797 e. The Labute approximate surface area is 110 Å². The molecule has 1 atom stereocenters. The number of rotatable bonds is 6. The Morgan fingerprint density at radius 1 is 1.41 bits per heavy atom. The fraction of sp³-hybridized carbons (Fsp3) is 0.786. The van der Waals surface area contributed by atoms with Crippen LogP contribution in [0, 0.1) is 12.8 Å². The summed E-state index contributed by atoms with van der Waals surface area (Å²) in [7, 11) is 0. The maximum atomic E-state index is 4.31. The molecule has 98 valence electrons. The molecule has 0 bridgehead atoms. The van der Waals surface area contributed by atoms with Crippen molar-refractivity contribution in [3.8, 4) is 0 Å². The van der Waals surface area contributed by atoms with Crippen LogP contribution >= 0.6 is 11.3 Å². The second kappa shape index (κ2) is 6.50. The fourth-order valence-corrected chi connectivity index (χ4v) is 2.60. The smallest absolute Gasteiger partial charge is 0.0797 e. The normalized spacial score (nSPS) is 13.9. The van der Waals surface area contributed by atoms with Crippen LogP contribution < -0.4 is 5.32 Å². The van der Waals surface area contributed by atoms with Crippen molar-refractivity contribution in [2.45, 2.75) is 59.4 Å². The third kappa shape index (κ3) is 5.64. The minimum absolute atomic E-state index is 0.230. The van der Waals surface area contributed by atoms with Gasteiger partial charge in [0, 0.05) is 10.4 Å². The van der Waals surface area contributed by atoms with Gasteiger partial charge in [-0.25, -0.2) is 4.98 Å². The predicted molar refractivity (Wildman–Crippen MR) is 76.7 cm³/mol. The molecule has 1 unspecified atom stereocenters. The van der Waals surface area contributed by atoms with E-state index in [0.29, 0.717) is 0 Å². The van der Waals surface area contributed by atoms with Crippen LogP contribution in [-0.4, -0.2) is 17.1 Å². The number of nitrogens with one attached hydrogen (secondary N) is 1. The summed E-state index contributed by atoms with van der Waals surface area (Å²) in [4.78, 5) is 5.77. The monoisotopic (exact) mass is 254 g/mol. The van der Waals surface area contributed by atoms with E-state index in [1.165, 1.54) is 29.8 Å². The van der Waals surface area contributed by atoms with Gasteiger partial charge >= 0.3 is 0 Å². The van der Waals surface area contributed by atoms with Crippen molar-refractivity contribution in [1.82, 2.24) is 10.3 Å². The van der Waals surface area contributed by atoms with E-state index < -0.39 is 0 Å². The lowest BCUT2D eigenvalue weighted by molar-refractivity contribution is 0.352. The summed E-state index contributed by atoms with van der Waals surface area (Å²) in [6.07, 6.45) is 3.70. The molecule has 0 amide bonds. The third-order valence-corrected chi connectivity index (χ3v) is 4.12. The van der Waals surface area contributed by atoms with Gasteiger partial charge in [0.1, 0.15) is 0 Å². The van der Waals surface area contributed by atoms with Crippen LogP contribution in [0.25, 0.3) is 0 Å². The van der Waals surface area contributed by atoms with Crippen molar-refractivity contribution in [3.63, 3.8) is 0 Å². The molecule has 0 saturated carbocycles. The van der Waals surface area contributed by atoms with Gasteiger partial charge in [-0.15, -0.1) is 11.3 Å². The first kappa shape index (κ1) is 14.7. The number of aryl methyl sites for hydroxylation is 2. The molecule has 3 heteroatoms. The molecule has 1 aromatic rings. The first-order chi connectivity index (χ1) is 7.92. The van der Waals surface area contributed by atoms with Gasteiger partial charge in [0.05, 0.1) is 11.2 Å².